The minimum Gasteiger partial charge on any atom is -0.315 e. The third-order valence-corrected chi connectivity index (χ3v) is 4.42. The number of likely N-dealkylation sites (tertiary alicyclic amines) is 1. The van der Waals surface area contributed by atoms with Crippen LogP contribution in [0.1, 0.15) is 11.6 Å². The third-order valence-electron chi connectivity index (χ3n) is 4.42. The van der Waals surface area contributed by atoms with Gasteiger partial charge in [-0.15, -0.1) is 10.2 Å². The second-order valence-electron chi connectivity index (χ2n) is 6.09. The van der Waals surface area contributed by atoms with Gasteiger partial charge in [0.15, 0.2) is 5.84 Å². The van der Waals surface area contributed by atoms with Gasteiger partial charge in [0.05, 0.1) is 6.04 Å². The van der Waals surface area contributed by atoms with Gasteiger partial charge in [0.25, 0.3) is 0 Å². The molecule has 1 spiro atoms. The molecule has 106 valence electrons. The summed E-state index contributed by atoms with van der Waals surface area (Å²) in [5, 5.41) is 9.58. The van der Waals surface area contributed by atoms with E-state index in [2.05, 4.69) is 56.6 Å². The number of nitrogens with zero attached hydrogens (tertiary/aromatic N) is 3. The maximum absolute atomic E-state index is 4.41. The van der Waals surface area contributed by atoms with E-state index < -0.39 is 0 Å². The van der Waals surface area contributed by atoms with Gasteiger partial charge in [-0.3, -0.25) is 10.3 Å². The highest BCUT2D eigenvalue weighted by molar-refractivity contribution is 5.88. The van der Waals surface area contributed by atoms with Gasteiger partial charge >= 0.3 is 0 Å². The van der Waals surface area contributed by atoms with Crippen LogP contribution in [0.2, 0.25) is 0 Å². The molecule has 1 aromatic carbocycles. The highest BCUT2D eigenvalue weighted by Gasteiger charge is 2.50. The highest BCUT2D eigenvalue weighted by atomic mass is 15.9. The van der Waals surface area contributed by atoms with Crippen LogP contribution in [0.25, 0.3) is 0 Å². The van der Waals surface area contributed by atoms with E-state index in [9.17, 15) is 0 Å². The number of rotatable bonds is 3. The number of hydrazone groups is 1. The van der Waals surface area contributed by atoms with E-state index in [1.165, 1.54) is 5.56 Å². The molecule has 0 bridgehead atoms. The van der Waals surface area contributed by atoms with Gasteiger partial charge in [-0.05, 0) is 5.56 Å². The minimum atomic E-state index is 0.208. The van der Waals surface area contributed by atoms with Crippen molar-refractivity contribution < 1.29 is 0 Å². The first-order valence-corrected chi connectivity index (χ1v) is 7.09. The molecule has 1 unspecified atom stereocenters. The quantitative estimate of drug-likeness (QED) is 0.717. The Labute approximate surface area is 118 Å². The largest absolute Gasteiger partial charge is 0.315 e. The number of amidine groups is 1. The van der Waals surface area contributed by atoms with Crippen LogP contribution in [0.3, 0.4) is 0 Å². The Balaban J connectivity index is 1.57. The number of hydrazine groups is 2. The maximum Gasteiger partial charge on any atom is 0.161 e. The fourth-order valence-corrected chi connectivity index (χ4v) is 3.35. The Morgan fingerprint density at radius 2 is 1.95 bits per heavy atom. The van der Waals surface area contributed by atoms with Gasteiger partial charge in [-0.2, -0.15) is 0 Å². The summed E-state index contributed by atoms with van der Waals surface area (Å²) in [4.78, 5) is 2.50. The first kappa shape index (κ1) is 12.1. The molecule has 20 heavy (non-hydrogen) atoms. The summed E-state index contributed by atoms with van der Waals surface area (Å²) in [5.41, 5.74) is 8.03. The molecule has 3 aliphatic heterocycles. The fraction of sp³-hybridized carbons (Fsp3) is 0.500. The molecule has 0 aliphatic carbocycles. The number of hydrogen-bond donors (Lipinski definition) is 3. The second-order valence-corrected chi connectivity index (χ2v) is 6.09. The molecular formula is C14H20N6. The van der Waals surface area contributed by atoms with Crippen molar-refractivity contribution >= 4 is 5.84 Å². The smallest absolute Gasteiger partial charge is 0.161 e. The number of nitrogens with one attached hydrogen (secondary N) is 3. The van der Waals surface area contributed by atoms with Crippen LogP contribution in [0.5, 0.6) is 0 Å². The zero-order chi connectivity index (χ0) is 13.6. The Morgan fingerprint density at radius 3 is 2.50 bits per heavy atom. The van der Waals surface area contributed by atoms with E-state index in [4.69, 9.17) is 0 Å². The normalized spacial score (nSPS) is 26.1. The van der Waals surface area contributed by atoms with Gasteiger partial charge in [0, 0.05) is 38.6 Å². The first-order chi connectivity index (χ1) is 9.76. The van der Waals surface area contributed by atoms with Crippen molar-refractivity contribution in [2.24, 2.45) is 10.5 Å². The Morgan fingerprint density at radius 1 is 1.20 bits per heavy atom. The van der Waals surface area contributed by atoms with Crippen molar-refractivity contribution in [3.8, 4) is 0 Å². The van der Waals surface area contributed by atoms with Crippen molar-refractivity contribution in [2.75, 3.05) is 33.2 Å². The predicted molar refractivity (Wildman–Crippen MR) is 77.5 cm³/mol. The standard InChI is InChI=1S/C14H20N6/c1-19-17-13(16-18-19)12(11-5-3-2-4-6-11)20-9-14(10-20)7-15-8-14/h2-6,12,15,18H,7-10H2,1H3,(H,16,17). The zero-order valence-corrected chi connectivity index (χ0v) is 11.6. The third kappa shape index (κ3) is 1.88. The minimum absolute atomic E-state index is 0.208. The molecule has 0 radical (unpaired) electrons. The zero-order valence-electron chi connectivity index (χ0n) is 11.6. The molecule has 0 amide bonds. The van der Waals surface area contributed by atoms with Crippen molar-refractivity contribution in [3.05, 3.63) is 35.9 Å². The molecule has 2 saturated heterocycles. The molecular weight excluding hydrogens is 252 g/mol. The van der Waals surface area contributed by atoms with Crippen LogP contribution in [0.4, 0.5) is 0 Å². The maximum atomic E-state index is 4.41. The average molecular weight is 272 g/mol. The predicted octanol–water partition coefficient (Wildman–Crippen LogP) is -0.0990. The lowest BCUT2D eigenvalue weighted by Crippen LogP contribution is -2.72. The molecule has 3 heterocycles. The second kappa shape index (κ2) is 4.44. The average Bonchev–Trinajstić information content (AvgIpc) is 2.78. The molecule has 2 fully saturated rings. The summed E-state index contributed by atoms with van der Waals surface area (Å²) >= 11 is 0. The summed E-state index contributed by atoms with van der Waals surface area (Å²) in [6.45, 7) is 4.60. The number of benzene rings is 1. The SMILES string of the molecule is CN1NN=C(C(c2ccccc2)N2CC3(CNC3)C2)N1. The van der Waals surface area contributed by atoms with E-state index >= 15 is 0 Å². The molecule has 3 aliphatic rings. The highest BCUT2D eigenvalue weighted by Crippen LogP contribution is 2.40. The molecule has 0 aromatic heterocycles. The lowest BCUT2D eigenvalue weighted by molar-refractivity contribution is -0.0522. The molecule has 6 heteroatoms. The fourth-order valence-electron chi connectivity index (χ4n) is 3.35. The van der Waals surface area contributed by atoms with Gasteiger partial charge in [0.1, 0.15) is 0 Å². The van der Waals surface area contributed by atoms with Crippen molar-refractivity contribution in [1.29, 1.82) is 0 Å². The lowest BCUT2D eigenvalue weighted by Gasteiger charge is -2.58. The van der Waals surface area contributed by atoms with Crippen LogP contribution >= 0.6 is 0 Å². The summed E-state index contributed by atoms with van der Waals surface area (Å²) < 4.78 is 0. The van der Waals surface area contributed by atoms with Crippen molar-refractivity contribution in [3.63, 3.8) is 0 Å². The molecule has 1 aromatic rings. The van der Waals surface area contributed by atoms with Crippen LogP contribution in [-0.2, 0) is 0 Å². The van der Waals surface area contributed by atoms with Gasteiger partial charge in [-0.1, -0.05) is 30.3 Å². The Hall–Kier alpha value is -1.63. The van der Waals surface area contributed by atoms with E-state index in [1.54, 1.807) is 5.12 Å². The van der Waals surface area contributed by atoms with Crippen LogP contribution < -0.4 is 16.3 Å². The summed E-state index contributed by atoms with van der Waals surface area (Å²) in [7, 11) is 1.92. The molecule has 6 nitrogen and oxygen atoms in total. The van der Waals surface area contributed by atoms with Crippen LogP contribution in [0.15, 0.2) is 35.4 Å². The van der Waals surface area contributed by atoms with Gasteiger partial charge in [-0.25, -0.2) is 5.53 Å². The lowest BCUT2D eigenvalue weighted by atomic mass is 9.73. The van der Waals surface area contributed by atoms with E-state index in [0.717, 1.165) is 32.0 Å². The molecule has 3 N–H and O–H groups in total. The van der Waals surface area contributed by atoms with E-state index in [0.29, 0.717) is 5.41 Å². The molecule has 0 saturated carbocycles. The van der Waals surface area contributed by atoms with Crippen LogP contribution in [0, 0.1) is 5.41 Å². The monoisotopic (exact) mass is 272 g/mol. The topological polar surface area (TPSA) is 54.9 Å². The van der Waals surface area contributed by atoms with Crippen molar-refractivity contribution in [1.82, 2.24) is 26.3 Å². The molecule has 4 rings (SSSR count). The van der Waals surface area contributed by atoms with Crippen molar-refractivity contribution in [2.45, 2.75) is 6.04 Å². The van der Waals surface area contributed by atoms with E-state index in [-0.39, 0.29) is 6.04 Å². The van der Waals surface area contributed by atoms with Gasteiger partial charge < -0.3 is 5.32 Å². The number of hydrogen-bond acceptors (Lipinski definition) is 6. The Bertz CT molecular complexity index is 516. The first-order valence-electron chi connectivity index (χ1n) is 7.09. The van der Waals surface area contributed by atoms with Gasteiger partial charge in [0.2, 0.25) is 0 Å². The summed E-state index contributed by atoms with van der Waals surface area (Å²) in [6.07, 6.45) is 0. The Kier molecular flexibility index (Phi) is 2.70. The summed E-state index contributed by atoms with van der Waals surface area (Å²) in [6, 6.07) is 10.8. The van der Waals surface area contributed by atoms with E-state index in [1.807, 2.05) is 7.05 Å². The van der Waals surface area contributed by atoms with Crippen LogP contribution in [-0.4, -0.2) is 49.1 Å². The molecule has 1 atom stereocenters. The summed E-state index contributed by atoms with van der Waals surface area (Å²) in [5.74, 6) is 0.973.